The fraction of sp³-hybridized carbons (Fsp3) is 0.579. The second-order valence-corrected chi connectivity index (χ2v) is 8.18. The fourth-order valence-electron chi connectivity index (χ4n) is 4.35. The van der Waals surface area contributed by atoms with E-state index in [1.54, 1.807) is 17.0 Å². The monoisotopic (exact) mass is 430 g/mol. The van der Waals surface area contributed by atoms with Crippen LogP contribution in [0.3, 0.4) is 0 Å². The number of rotatable bonds is 2. The lowest BCUT2D eigenvalue weighted by atomic mass is 9.97. The molecule has 2 aliphatic rings. The molecule has 2 aliphatic heterocycles. The van der Waals surface area contributed by atoms with E-state index in [1.165, 1.54) is 6.26 Å². The van der Waals surface area contributed by atoms with Gasteiger partial charge in [-0.25, -0.2) is 4.68 Å². The number of carbonyl (C=O) groups excluding carboxylic acids is 1. The summed E-state index contributed by atoms with van der Waals surface area (Å²) in [6.45, 7) is 3.86. The molecule has 0 saturated carbocycles. The van der Waals surface area contributed by atoms with Gasteiger partial charge in [0.15, 0.2) is 11.7 Å². The summed E-state index contributed by atoms with van der Waals surface area (Å²) in [6, 6.07) is 0.528. The standard InChI is InChI=1S/C19H22ClF3N4O2/c1-10-5-3-6-11(2)26(10)18(28)16-15(20)17-24-12(13-7-4-8-29-13)9-14(19(21,22)23)27(17)25-16/h4,7-8,10-12,14,24H,3,5-6,9H2,1-2H3/t10-,11+,12-,14+/m0/s1. The topological polar surface area (TPSA) is 63.3 Å². The van der Waals surface area contributed by atoms with E-state index in [1.807, 2.05) is 13.8 Å². The number of anilines is 1. The molecule has 2 aromatic rings. The molecular weight excluding hydrogens is 409 g/mol. The predicted molar refractivity (Wildman–Crippen MR) is 101 cm³/mol. The van der Waals surface area contributed by atoms with E-state index in [4.69, 9.17) is 16.0 Å². The van der Waals surface area contributed by atoms with Gasteiger partial charge in [-0.3, -0.25) is 4.79 Å². The maximum atomic E-state index is 13.8. The van der Waals surface area contributed by atoms with Crippen LogP contribution < -0.4 is 5.32 Å². The van der Waals surface area contributed by atoms with Crippen LogP contribution in [0.2, 0.25) is 5.02 Å². The highest BCUT2D eigenvalue weighted by Crippen LogP contribution is 2.46. The summed E-state index contributed by atoms with van der Waals surface area (Å²) in [4.78, 5) is 14.8. The number of furan rings is 1. The molecule has 1 fully saturated rings. The molecule has 0 spiro atoms. The third kappa shape index (κ3) is 3.49. The van der Waals surface area contributed by atoms with Crippen LogP contribution in [-0.2, 0) is 0 Å². The van der Waals surface area contributed by atoms with Gasteiger partial charge in [0.05, 0.1) is 12.3 Å². The number of nitrogens with zero attached hydrogens (tertiary/aromatic N) is 3. The number of fused-ring (bicyclic) bond motifs is 1. The number of likely N-dealkylation sites (tertiary alicyclic amines) is 1. The highest BCUT2D eigenvalue weighted by molar-refractivity contribution is 6.36. The van der Waals surface area contributed by atoms with Crippen LogP contribution in [0.5, 0.6) is 0 Å². The van der Waals surface area contributed by atoms with Crippen molar-refractivity contribution >= 4 is 23.3 Å². The summed E-state index contributed by atoms with van der Waals surface area (Å²) in [5.41, 5.74) is -0.149. The molecule has 1 N–H and O–H groups in total. The van der Waals surface area contributed by atoms with Crippen molar-refractivity contribution in [3.8, 4) is 0 Å². The third-order valence-corrected chi connectivity index (χ3v) is 6.17. The van der Waals surface area contributed by atoms with Crippen LogP contribution in [-0.4, -0.2) is 38.8 Å². The minimum Gasteiger partial charge on any atom is -0.467 e. The summed E-state index contributed by atoms with van der Waals surface area (Å²) in [7, 11) is 0. The summed E-state index contributed by atoms with van der Waals surface area (Å²) in [5, 5.41) is 6.92. The summed E-state index contributed by atoms with van der Waals surface area (Å²) in [6.07, 6.45) is -0.783. The first-order chi connectivity index (χ1) is 13.7. The SMILES string of the molecule is C[C@@H]1CCC[C@H](C)N1C(=O)c1nn2c(c1Cl)N[C@H](c1ccco1)C[C@@H]2C(F)(F)F. The second-order valence-electron chi connectivity index (χ2n) is 7.80. The van der Waals surface area contributed by atoms with Crippen LogP contribution in [0, 0.1) is 0 Å². The van der Waals surface area contributed by atoms with Gasteiger partial charge in [-0.2, -0.15) is 18.3 Å². The zero-order chi connectivity index (χ0) is 20.9. The Hall–Kier alpha value is -2.16. The van der Waals surface area contributed by atoms with Crippen molar-refractivity contribution in [2.24, 2.45) is 0 Å². The molecule has 6 nitrogen and oxygen atoms in total. The average Bonchev–Trinajstić information content (AvgIpc) is 3.28. The molecule has 29 heavy (non-hydrogen) atoms. The summed E-state index contributed by atoms with van der Waals surface area (Å²) in [5.74, 6) is -0.0786. The van der Waals surface area contributed by atoms with Crippen molar-refractivity contribution in [2.45, 2.75) is 69.9 Å². The van der Waals surface area contributed by atoms with Gasteiger partial charge in [0.2, 0.25) is 0 Å². The lowest BCUT2D eigenvalue weighted by Crippen LogP contribution is -2.47. The highest BCUT2D eigenvalue weighted by Gasteiger charge is 2.48. The molecule has 0 radical (unpaired) electrons. The van der Waals surface area contributed by atoms with Crippen molar-refractivity contribution in [1.29, 1.82) is 0 Å². The normalized spacial score (nSPS) is 27.4. The Morgan fingerprint density at radius 2 is 2.00 bits per heavy atom. The largest absolute Gasteiger partial charge is 0.467 e. The molecule has 4 atom stereocenters. The first-order valence-corrected chi connectivity index (χ1v) is 10.0. The number of hydrogen-bond donors (Lipinski definition) is 1. The maximum absolute atomic E-state index is 13.8. The molecule has 158 valence electrons. The van der Waals surface area contributed by atoms with Crippen molar-refractivity contribution in [2.75, 3.05) is 5.32 Å². The third-order valence-electron chi connectivity index (χ3n) is 5.81. The highest BCUT2D eigenvalue weighted by atomic mass is 35.5. The van der Waals surface area contributed by atoms with Gasteiger partial charge >= 0.3 is 6.18 Å². The quantitative estimate of drug-likeness (QED) is 0.711. The Kier molecular flexibility index (Phi) is 5.04. The summed E-state index contributed by atoms with van der Waals surface area (Å²) < 4.78 is 47.5. The average molecular weight is 431 g/mol. The van der Waals surface area contributed by atoms with Crippen molar-refractivity contribution in [1.82, 2.24) is 14.7 Å². The van der Waals surface area contributed by atoms with Crippen molar-refractivity contribution in [3.63, 3.8) is 0 Å². The van der Waals surface area contributed by atoms with E-state index >= 15 is 0 Å². The molecule has 0 aromatic carbocycles. The molecule has 0 unspecified atom stereocenters. The molecular formula is C19H22ClF3N4O2. The van der Waals surface area contributed by atoms with Gasteiger partial charge in [-0.05, 0) is 45.2 Å². The number of alkyl halides is 3. The molecule has 0 aliphatic carbocycles. The van der Waals surface area contributed by atoms with Gasteiger partial charge < -0.3 is 14.6 Å². The molecule has 0 bridgehead atoms. The Morgan fingerprint density at radius 3 is 2.59 bits per heavy atom. The molecule has 4 heterocycles. The first kappa shape index (κ1) is 20.1. The first-order valence-electron chi connectivity index (χ1n) is 9.65. The molecule has 2 aromatic heterocycles. The zero-order valence-electron chi connectivity index (χ0n) is 16.0. The van der Waals surface area contributed by atoms with Crippen LogP contribution in [0.25, 0.3) is 0 Å². The van der Waals surface area contributed by atoms with E-state index < -0.39 is 24.2 Å². The van der Waals surface area contributed by atoms with Crippen molar-refractivity contribution in [3.05, 3.63) is 34.9 Å². The van der Waals surface area contributed by atoms with Gasteiger partial charge in [-0.1, -0.05) is 11.6 Å². The maximum Gasteiger partial charge on any atom is 0.410 e. The predicted octanol–water partition coefficient (Wildman–Crippen LogP) is 5.19. The van der Waals surface area contributed by atoms with Crippen LogP contribution in [0.15, 0.2) is 22.8 Å². The Labute approximate surface area is 171 Å². The second kappa shape index (κ2) is 7.27. The molecule has 10 heteroatoms. The van der Waals surface area contributed by atoms with E-state index in [9.17, 15) is 18.0 Å². The van der Waals surface area contributed by atoms with Gasteiger partial charge in [0.25, 0.3) is 5.91 Å². The van der Waals surface area contributed by atoms with Crippen LogP contribution >= 0.6 is 11.6 Å². The van der Waals surface area contributed by atoms with Gasteiger partial charge in [0, 0.05) is 18.5 Å². The number of amides is 1. The van der Waals surface area contributed by atoms with Crippen molar-refractivity contribution < 1.29 is 22.4 Å². The van der Waals surface area contributed by atoms with Gasteiger partial charge in [0.1, 0.15) is 16.6 Å². The number of halogens is 4. The Balaban J connectivity index is 1.74. The molecule has 1 amide bonds. The van der Waals surface area contributed by atoms with Crippen LogP contribution in [0.1, 0.15) is 67.9 Å². The Morgan fingerprint density at radius 1 is 1.31 bits per heavy atom. The number of carbonyl (C=O) groups is 1. The molecule has 4 rings (SSSR count). The summed E-state index contributed by atoms with van der Waals surface area (Å²) >= 11 is 6.40. The lowest BCUT2D eigenvalue weighted by molar-refractivity contribution is -0.174. The smallest absolute Gasteiger partial charge is 0.410 e. The number of aromatic nitrogens is 2. The van der Waals surface area contributed by atoms with E-state index in [-0.39, 0.29) is 35.0 Å². The molecule has 1 saturated heterocycles. The van der Waals surface area contributed by atoms with E-state index in [0.717, 1.165) is 23.9 Å². The Bertz CT molecular complexity index is 886. The zero-order valence-corrected chi connectivity index (χ0v) is 16.8. The number of nitrogens with one attached hydrogen (secondary N) is 1. The number of hydrogen-bond acceptors (Lipinski definition) is 4. The fourth-order valence-corrected chi connectivity index (χ4v) is 4.61. The minimum absolute atomic E-state index is 0.0118. The van der Waals surface area contributed by atoms with Gasteiger partial charge in [-0.15, -0.1) is 0 Å². The van der Waals surface area contributed by atoms with Crippen LogP contribution in [0.4, 0.5) is 19.0 Å². The lowest BCUT2D eigenvalue weighted by Gasteiger charge is -2.38. The van der Waals surface area contributed by atoms with E-state index in [2.05, 4.69) is 10.4 Å². The van der Waals surface area contributed by atoms with E-state index in [0.29, 0.717) is 5.76 Å². The minimum atomic E-state index is -4.55. The number of piperidine rings is 1.